The lowest BCUT2D eigenvalue weighted by Crippen LogP contribution is -2.20. The minimum Gasteiger partial charge on any atom is -0.301 e. The van der Waals surface area contributed by atoms with Crippen LogP contribution < -0.4 is 5.48 Å². The largest absolute Gasteiger partial charge is 0.416 e. The number of nitrogens with one attached hydrogen (secondary N) is 1. The summed E-state index contributed by atoms with van der Waals surface area (Å²) < 4.78 is 37.9. The average molecular weight is 247 g/mol. The molecule has 1 N–H and O–H groups in total. The van der Waals surface area contributed by atoms with Gasteiger partial charge in [-0.25, -0.2) is 0 Å². The number of hydrogen-bond acceptors (Lipinski definition) is 2. The molecular weight excluding hydrogens is 231 g/mol. The van der Waals surface area contributed by atoms with Crippen LogP contribution >= 0.6 is 0 Å². The van der Waals surface area contributed by atoms with Gasteiger partial charge in [-0.05, 0) is 17.5 Å². The van der Waals surface area contributed by atoms with Crippen molar-refractivity contribution in [2.45, 2.75) is 26.6 Å². The van der Waals surface area contributed by atoms with Crippen molar-refractivity contribution >= 4 is 0 Å². The molecular formula is C12H16F3NO. The molecule has 0 saturated carbocycles. The van der Waals surface area contributed by atoms with Crippen molar-refractivity contribution in [3.63, 3.8) is 0 Å². The molecule has 0 aliphatic heterocycles. The monoisotopic (exact) mass is 247 g/mol. The molecule has 0 saturated heterocycles. The van der Waals surface area contributed by atoms with Crippen molar-refractivity contribution in [2.75, 3.05) is 6.61 Å². The van der Waals surface area contributed by atoms with Crippen LogP contribution in [0, 0.1) is 5.92 Å². The van der Waals surface area contributed by atoms with Gasteiger partial charge < -0.3 is 4.84 Å². The fourth-order valence-electron chi connectivity index (χ4n) is 1.31. The zero-order chi connectivity index (χ0) is 12.9. The number of hydrogen-bond donors (Lipinski definition) is 1. The van der Waals surface area contributed by atoms with Crippen molar-refractivity contribution in [3.8, 4) is 0 Å². The first kappa shape index (κ1) is 14.0. The second-order valence-corrected chi connectivity index (χ2v) is 4.18. The van der Waals surface area contributed by atoms with Crippen molar-refractivity contribution in [2.24, 2.45) is 5.92 Å². The number of halogens is 3. The van der Waals surface area contributed by atoms with E-state index < -0.39 is 11.7 Å². The Balaban J connectivity index is 2.59. The van der Waals surface area contributed by atoms with E-state index in [1.54, 1.807) is 6.07 Å². The van der Waals surface area contributed by atoms with Crippen LogP contribution in [0.4, 0.5) is 13.2 Å². The predicted molar refractivity (Wildman–Crippen MR) is 59.1 cm³/mol. The van der Waals surface area contributed by atoms with Gasteiger partial charge in [0.1, 0.15) is 0 Å². The van der Waals surface area contributed by atoms with Gasteiger partial charge in [0.2, 0.25) is 0 Å². The van der Waals surface area contributed by atoms with Gasteiger partial charge >= 0.3 is 6.18 Å². The van der Waals surface area contributed by atoms with Crippen molar-refractivity contribution < 1.29 is 18.0 Å². The van der Waals surface area contributed by atoms with Crippen LogP contribution in [-0.2, 0) is 17.6 Å². The first-order valence-electron chi connectivity index (χ1n) is 5.41. The van der Waals surface area contributed by atoms with Crippen molar-refractivity contribution in [3.05, 3.63) is 35.4 Å². The Morgan fingerprint density at radius 3 is 2.47 bits per heavy atom. The van der Waals surface area contributed by atoms with E-state index in [0.717, 1.165) is 6.07 Å². The quantitative estimate of drug-likeness (QED) is 0.636. The highest BCUT2D eigenvalue weighted by molar-refractivity contribution is 5.29. The van der Waals surface area contributed by atoms with Gasteiger partial charge in [0.05, 0.1) is 12.2 Å². The smallest absolute Gasteiger partial charge is 0.301 e. The highest BCUT2D eigenvalue weighted by atomic mass is 19.4. The van der Waals surface area contributed by atoms with Gasteiger partial charge in [-0.15, -0.1) is 0 Å². The van der Waals surface area contributed by atoms with E-state index in [2.05, 4.69) is 5.48 Å². The zero-order valence-corrected chi connectivity index (χ0v) is 9.84. The molecule has 1 aromatic rings. The standard InChI is InChI=1S/C12H16F3NO/c1-9(2)8-17-16-7-10-5-3-4-6-11(10)12(13,14)15/h3-6,9,16H,7-8H2,1-2H3. The van der Waals surface area contributed by atoms with Crippen molar-refractivity contribution in [1.82, 2.24) is 5.48 Å². The molecule has 0 fully saturated rings. The van der Waals surface area contributed by atoms with E-state index in [1.807, 2.05) is 13.8 Å². The Bertz CT molecular complexity index is 350. The van der Waals surface area contributed by atoms with Gasteiger partial charge in [0.25, 0.3) is 0 Å². The van der Waals surface area contributed by atoms with E-state index in [1.165, 1.54) is 12.1 Å². The minimum absolute atomic E-state index is 0.0441. The summed E-state index contributed by atoms with van der Waals surface area (Å²) in [5, 5.41) is 0. The molecule has 1 rings (SSSR count). The lowest BCUT2D eigenvalue weighted by molar-refractivity contribution is -0.138. The number of benzene rings is 1. The molecule has 0 radical (unpaired) electrons. The maximum Gasteiger partial charge on any atom is 0.416 e. The van der Waals surface area contributed by atoms with Crippen LogP contribution in [0.15, 0.2) is 24.3 Å². The molecule has 0 heterocycles. The summed E-state index contributed by atoms with van der Waals surface area (Å²) in [4.78, 5) is 5.05. The van der Waals surface area contributed by atoms with Crippen LogP contribution in [0.5, 0.6) is 0 Å². The zero-order valence-electron chi connectivity index (χ0n) is 9.84. The third kappa shape index (κ3) is 4.75. The molecule has 0 aromatic heterocycles. The summed E-state index contributed by atoms with van der Waals surface area (Å²) in [5.41, 5.74) is 2.11. The Morgan fingerprint density at radius 1 is 1.24 bits per heavy atom. The summed E-state index contributed by atoms with van der Waals surface area (Å²) in [6.45, 7) is 4.44. The number of rotatable bonds is 5. The Hall–Kier alpha value is -1.07. The van der Waals surface area contributed by atoms with E-state index in [-0.39, 0.29) is 12.1 Å². The maximum atomic E-state index is 12.6. The normalized spacial score (nSPS) is 12.1. The van der Waals surface area contributed by atoms with Crippen LogP contribution in [0.2, 0.25) is 0 Å². The molecule has 0 unspecified atom stereocenters. The molecule has 0 spiro atoms. The molecule has 2 nitrogen and oxygen atoms in total. The van der Waals surface area contributed by atoms with E-state index in [9.17, 15) is 13.2 Å². The molecule has 17 heavy (non-hydrogen) atoms. The van der Waals surface area contributed by atoms with Crippen LogP contribution in [0.3, 0.4) is 0 Å². The lowest BCUT2D eigenvalue weighted by Gasteiger charge is -2.13. The Morgan fingerprint density at radius 2 is 1.88 bits per heavy atom. The SMILES string of the molecule is CC(C)CONCc1ccccc1C(F)(F)F. The second kappa shape index (κ2) is 6.02. The molecule has 0 bridgehead atoms. The van der Waals surface area contributed by atoms with E-state index in [4.69, 9.17) is 4.84 Å². The van der Waals surface area contributed by atoms with Crippen LogP contribution in [-0.4, -0.2) is 6.61 Å². The molecule has 5 heteroatoms. The summed E-state index contributed by atoms with van der Waals surface area (Å²) in [6, 6.07) is 5.46. The topological polar surface area (TPSA) is 21.3 Å². The minimum atomic E-state index is -4.32. The van der Waals surface area contributed by atoms with Gasteiger partial charge in [-0.2, -0.15) is 18.7 Å². The highest BCUT2D eigenvalue weighted by Gasteiger charge is 2.32. The molecule has 0 amide bonds. The van der Waals surface area contributed by atoms with Gasteiger partial charge in [-0.1, -0.05) is 32.0 Å². The van der Waals surface area contributed by atoms with Crippen LogP contribution in [0.1, 0.15) is 25.0 Å². The summed E-state index contributed by atoms with van der Waals surface area (Å²) in [5.74, 6) is 0.334. The van der Waals surface area contributed by atoms with Gasteiger partial charge in [0.15, 0.2) is 0 Å². The lowest BCUT2D eigenvalue weighted by atomic mass is 10.1. The molecule has 0 aliphatic rings. The van der Waals surface area contributed by atoms with Gasteiger partial charge in [-0.3, -0.25) is 0 Å². The number of hydroxylamine groups is 1. The first-order chi connectivity index (χ1) is 7.91. The van der Waals surface area contributed by atoms with E-state index in [0.29, 0.717) is 12.5 Å². The van der Waals surface area contributed by atoms with Crippen molar-refractivity contribution in [1.29, 1.82) is 0 Å². The third-order valence-corrected chi connectivity index (χ3v) is 2.10. The summed E-state index contributed by atoms with van der Waals surface area (Å²) >= 11 is 0. The maximum absolute atomic E-state index is 12.6. The fourth-order valence-corrected chi connectivity index (χ4v) is 1.31. The average Bonchev–Trinajstić information content (AvgIpc) is 2.23. The van der Waals surface area contributed by atoms with Gasteiger partial charge in [0, 0.05) is 6.54 Å². The predicted octanol–water partition coefficient (Wildman–Crippen LogP) is 3.38. The number of alkyl halides is 3. The molecule has 96 valence electrons. The van der Waals surface area contributed by atoms with Crippen LogP contribution in [0.25, 0.3) is 0 Å². The summed E-state index contributed by atoms with van der Waals surface area (Å²) in [7, 11) is 0. The second-order valence-electron chi connectivity index (χ2n) is 4.18. The molecule has 0 atom stereocenters. The Labute approximate surface area is 98.7 Å². The molecule has 1 aromatic carbocycles. The third-order valence-electron chi connectivity index (χ3n) is 2.10. The highest BCUT2D eigenvalue weighted by Crippen LogP contribution is 2.31. The fraction of sp³-hybridized carbons (Fsp3) is 0.500. The summed E-state index contributed by atoms with van der Waals surface area (Å²) in [6.07, 6.45) is -4.32. The van der Waals surface area contributed by atoms with E-state index >= 15 is 0 Å². The molecule has 0 aliphatic carbocycles. The first-order valence-corrected chi connectivity index (χ1v) is 5.41. The Kier molecular flexibility index (Phi) is 4.96.